The smallest absolute Gasteiger partial charge is 0.317 e. The van der Waals surface area contributed by atoms with Crippen LogP contribution in [0.25, 0.3) is 0 Å². The minimum Gasteiger partial charge on any atom is -0.335 e. The van der Waals surface area contributed by atoms with Gasteiger partial charge in [-0.05, 0) is 26.2 Å². The van der Waals surface area contributed by atoms with E-state index in [-0.39, 0.29) is 6.03 Å². The number of nitrogens with zero attached hydrogens (tertiary/aromatic N) is 2. The van der Waals surface area contributed by atoms with Gasteiger partial charge in [-0.2, -0.15) is 0 Å². The molecular weight excluding hydrogens is 226 g/mol. The van der Waals surface area contributed by atoms with Gasteiger partial charge < -0.3 is 10.2 Å². The van der Waals surface area contributed by atoms with E-state index >= 15 is 0 Å². The molecule has 4 nitrogen and oxygen atoms in total. The summed E-state index contributed by atoms with van der Waals surface area (Å²) in [5, 5.41) is 3.18. The lowest BCUT2D eigenvalue weighted by molar-refractivity contribution is 0.111. The summed E-state index contributed by atoms with van der Waals surface area (Å²) in [6, 6.07) is 1.24. The summed E-state index contributed by atoms with van der Waals surface area (Å²) < 4.78 is 0. The van der Waals surface area contributed by atoms with E-state index in [1.807, 2.05) is 4.90 Å². The summed E-state index contributed by atoms with van der Waals surface area (Å²) in [4.78, 5) is 16.6. The quantitative estimate of drug-likeness (QED) is 0.835. The van der Waals surface area contributed by atoms with Gasteiger partial charge in [0.2, 0.25) is 0 Å². The monoisotopic (exact) mass is 253 g/mol. The minimum atomic E-state index is 0.158. The van der Waals surface area contributed by atoms with E-state index in [1.165, 1.54) is 32.1 Å². The fourth-order valence-corrected chi connectivity index (χ4v) is 2.96. The molecule has 1 saturated carbocycles. The fraction of sp³-hybridized carbons (Fsp3) is 0.929. The van der Waals surface area contributed by atoms with E-state index in [1.54, 1.807) is 0 Å². The first-order valence-electron chi connectivity index (χ1n) is 7.50. The highest BCUT2D eigenvalue weighted by Gasteiger charge is 2.25. The predicted molar refractivity (Wildman–Crippen MR) is 73.7 cm³/mol. The molecule has 0 bridgehead atoms. The Morgan fingerprint density at radius 3 is 2.39 bits per heavy atom. The zero-order valence-electron chi connectivity index (χ0n) is 11.8. The van der Waals surface area contributed by atoms with Crippen molar-refractivity contribution in [2.45, 2.75) is 58.0 Å². The summed E-state index contributed by atoms with van der Waals surface area (Å²) in [7, 11) is 0. The van der Waals surface area contributed by atoms with Gasteiger partial charge in [0.1, 0.15) is 0 Å². The highest BCUT2D eigenvalue weighted by Crippen LogP contribution is 2.18. The second-order valence-corrected chi connectivity index (χ2v) is 5.71. The SMILES string of the molecule is CCC(C)N1CCN(C(=O)NC2CCCC2)CC1. The average molecular weight is 253 g/mol. The van der Waals surface area contributed by atoms with Crippen LogP contribution in [0.3, 0.4) is 0 Å². The van der Waals surface area contributed by atoms with Gasteiger partial charge in [-0.15, -0.1) is 0 Å². The highest BCUT2D eigenvalue weighted by atomic mass is 16.2. The van der Waals surface area contributed by atoms with Crippen LogP contribution in [0, 0.1) is 0 Å². The molecule has 2 fully saturated rings. The third-order valence-corrected chi connectivity index (χ3v) is 4.50. The standard InChI is InChI=1S/C14H27N3O/c1-3-12(2)16-8-10-17(11-9-16)14(18)15-13-6-4-5-7-13/h12-13H,3-11H2,1-2H3,(H,15,18). The molecular formula is C14H27N3O. The first-order chi connectivity index (χ1) is 8.70. The Balaban J connectivity index is 1.73. The molecule has 2 rings (SSSR count). The van der Waals surface area contributed by atoms with Gasteiger partial charge in [0, 0.05) is 38.3 Å². The zero-order valence-corrected chi connectivity index (χ0v) is 11.8. The Hall–Kier alpha value is -0.770. The van der Waals surface area contributed by atoms with Crippen molar-refractivity contribution < 1.29 is 4.79 Å². The van der Waals surface area contributed by atoms with Crippen molar-refractivity contribution >= 4 is 6.03 Å². The lowest BCUT2D eigenvalue weighted by Gasteiger charge is -2.38. The third kappa shape index (κ3) is 3.37. The molecule has 1 N–H and O–H groups in total. The molecule has 1 aliphatic carbocycles. The van der Waals surface area contributed by atoms with Crippen molar-refractivity contribution in [3.05, 3.63) is 0 Å². The number of carbonyl (C=O) groups excluding carboxylic acids is 1. The van der Waals surface area contributed by atoms with Gasteiger partial charge in [-0.3, -0.25) is 4.90 Å². The molecule has 18 heavy (non-hydrogen) atoms. The molecule has 0 spiro atoms. The van der Waals surface area contributed by atoms with E-state index in [4.69, 9.17) is 0 Å². The number of rotatable bonds is 3. The maximum Gasteiger partial charge on any atom is 0.317 e. The normalized spacial score (nSPS) is 24.2. The Morgan fingerprint density at radius 2 is 1.83 bits per heavy atom. The molecule has 2 aliphatic rings. The third-order valence-electron chi connectivity index (χ3n) is 4.50. The molecule has 104 valence electrons. The van der Waals surface area contributed by atoms with Crippen molar-refractivity contribution in [3.63, 3.8) is 0 Å². The summed E-state index contributed by atoms with van der Waals surface area (Å²) in [5.74, 6) is 0. The maximum atomic E-state index is 12.1. The van der Waals surface area contributed by atoms with Crippen molar-refractivity contribution in [1.29, 1.82) is 0 Å². The van der Waals surface area contributed by atoms with Crippen LogP contribution in [-0.2, 0) is 0 Å². The number of hydrogen-bond acceptors (Lipinski definition) is 2. The highest BCUT2D eigenvalue weighted by molar-refractivity contribution is 5.74. The number of carbonyl (C=O) groups is 1. The van der Waals surface area contributed by atoms with Crippen LogP contribution in [-0.4, -0.2) is 54.1 Å². The van der Waals surface area contributed by atoms with E-state index in [0.717, 1.165) is 26.2 Å². The number of nitrogens with one attached hydrogen (secondary N) is 1. The van der Waals surface area contributed by atoms with Crippen molar-refractivity contribution in [1.82, 2.24) is 15.1 Å². The van der Waals surface area contributed by atoms with Gasteiger partial charge in [-0.25, -0.2) is 4.79 Å². The van der Waals surface area contributed by atoms with Crippen LogP contribution in [0.1, 0.15) is 46.0 Å². The second-order valence-electron chi connectivity index (χ2n) is 5.71. The molecule has 0 aromatic rings. The lowest BCUT2D eigenvalue weighted by Crippen LogP contribution is -2.54. The Morgan fingerprint density at radius 1 is 1.22 bits per heavy atom. The number of amides is 2. The molecule has 0 radical (unpaired) electrons. The summed E-state index contributed by atoms with van der Waals surface area (Å²) in [5.41, 5.74) is 0. The predicted octanol–water partition coefficient (Wildman–Crippen LogP) is 2.05. The van der Waals surface area contributed by atoms with Crippen LogP contribution < -0.4 is 5.32 Å². The first kappa shape index (κ1) is 13.7. The number of urea groups is 1. The number of piperazine rings is 1. The van der Waals surface area contributed by atoms with Crippen LogP contribution in [0.2, 0.25) is 0 Å². The maximum absolute atomic E-state index is 12.1. The fourth-order valence-electron chi connectivity index (χ4n) is 2.96. The lowest BCUT2D eigenvalue weighted by atomic mass is 10.2. The first-order valence-corrected chi connectivity index (χ1v) is 7.50. The van der Waals surface area contributed by atoms with Gasteiger partial charge in [0.15, 0.2) is 0 Å². The van der Waals surface area contributed by atoms with E-state index in [2.05, 4.69) is 24.1 Å². The van der Waals surface area contributed by atoms with Crippen molar-refractivity contribution in [2.75, 3.05) is 26.2 Å². The van der Waals surface area contributed by atoms with E-state index in [0.29, 0.717) is 12.1 Å². The molecule has 1 aliphatic heterocycles. The van der Waals surface area contributed by atoms with Gasteiger partial charge in [-0.1, -0.05) is 19.8 Å². The Bertz CT molecular complexity index is 268. The van der Waals surface area contributed by atoms with Crippen LogP contribution in [0.4, 0.5) is 4.79 Å². The summed E-state index contributed by atoms with van der Waals surface area (Å²) in [6.45, 7) is 8.30. The van der Waals surface area contributed by atoms with Crippen molar-refractivity contribution in [3.8, 4) is 0 Å². The molecule has 0 aromatic carbocycles. The van der Waals surface area contributed by atoms with Crippen LogP contribution in [0.5, 0.6) is 0 Å². The molecule has 1 atom stereocenters. The van der Waals surface area contributed by atoms with Crippen molar-refractivity contribution in [2.24, 2.45) is 0 Å². The van der Waals surface area contributed by atoms with Crippen LogP contribution in [0.15, 0.2) is 0 Å². The second kappa shape index (κ2) is 6.41. The molecule has 1 heterocycles. The molecule has 1 unspecified atom stereocenters. The number of hydrogen-bond donors (Lipinski definition) is 1. The average Bonchev–Trinajstić information content (AvgIpc) is 2.91. The van der Waals surface area contributed by atoms with E-state index < -0.39 is 0 Å². The van der Waals surface area contributed by atoms with Gasteiger partial charge in [0.05, 0.1) is 0 Å². The Labute approximate surface area is 111 Å². The topological polar surface area (TPSA) is 35.6 Å². The molecule has 2 amide bonds. The summed E-state index contributed by atoms with van der Waals surface area (Å²) >= 11 is 0. The van der Waals surface area contributed by atoms with E-state index in [9.17, 15) is 4.79 Å². The minimum absolute atomic E-state index is 0.158. The Kier molecular flexibility index (Phi) is 4.87. The molecule has 4 heteroatoms. The van der Waals surface area contributed by atoms with Gasteiger partial charge >= 0.3 is 6.03 Å². The molecule has 0 aromatic heterocycles. The molecule has 1 saturated heterocycles. The van der Waals surface area contributed by atoms with Gasteiger partial charge in [0.25, 0.3) is 0 Å². The zero-order chi connectivity index (χ0) is 13.0. The van der Waals surface area contributed by atoms with Crippen LogP contribution >= 0.6 is 0 Å². The largest absolute Gasteiger partial charge is 0.335 e. The summed E-state index contributed by atoms with van der Waals surface area (Å²) in [6.07, 6.45) is 6.06.